The van der Waals surface area contributed by atoms with Crippen LogP contribution in [0, 0.1) is 12.7 Å². The molecule has 128 valence electrons. The average Bonchev–Trinajstić information content (AvgIpc) is 2.98. The van der Waals surface area contributed by atoms with Crippen molar-refractivity contribution in [2.24, 2.45) is 0 Å². The summed E-state index contributed by atoms with van der Waals surface area (Å²) in [5.41, 5.74) is 2.46. The van der Waals surface area contributed by atoms with Crippen LogP contribution in [-0.2, 0) is 17.6 Å². The molecule has 0 bridgehead atoms. The van der Waals surface area contributed by atoms with Gasteiger partial charge in [0.25, 0.3) is 0 Å². The zero-order valence-corrected chi connectivity index (χ0v) is 14.6. The van der Waals surface area contributed by atoms with Gasteiger partial charge in [0.05, 0.1) is 12.1 Å². The Labute approximate surface area is 149 Å². The van der Waals surface area contributed by atoms with Crippen molar-refractivity contribution >= 4 is 17.2 Å². The van der Waals surface area contributed by atoms with Crippen LogP contribution in [0.25, 0.3) is 10.6 Å². The molecule has 0 aliphatic heterocycles. The highest BCUT2D eigenvalue weighted by Gasteiger charge is 2.13. The van der Waals surface area contributed by atoms with Gasteiger partial charge in [0.15, 0.2) is 0 Å². The molecule has 0 atom stereocenters. The Hall–Kier alpha value is -2.60. The summed E-state index contributed by atoms with van der Waals surface area (Å²) in [6.07, 6.45) is 4.20. The normalized spacial score (nSPS) is 10.6. The first-order valence-corrected chi connectivity index (χ1v) is 8.82. The van der Waals surface area contributed by atoms with Crippen LogP contribution in [0.15, 0.2) is 48.8 Å². The third kappa shape index (κ3) is 4.48. The summed E-state index contributed by atoms with van der Waals surface area (Å²) in [6.45, 7) is 2.32. The van der Waals surface area contributed by atoms with Crippen molar-refractivity contribution in [1.29, 1.82) is 0 Å². The maximum Gasteiger partial charge on any atom is 0.225 e. The van der Waals surface area contributed by atoms with E-state index in [1.165, 1.54) is 17.4 Å². The van der Waals surface area contributed by atoms with Gasteiger partial charge in [-0.2, -0.15) is 0 Å². The summed E-state index contributed by atoms with van der Waals surface area (Å²) in [5.74, 6) is -0.318. The van der Waals surface area contributed by atoms with Crippen LogP contribution >= 0.6 is 11.3 Å². The Kier molecular flexibility index (Phi) is 5.50. The van der Waals surface area contributed by atoms with E-state index in [0.29, 0.717) is 18.5 Å². The molecule has 1 N–H and O–H groups in total. The number of nitrogens with one attached hydrogen (secondary N) is 1. The number of hydrogen-bond donors (Lipinski definition) is 1. The van der Waals surface area contributed by atoms with Crippen molar-refractivity contribution in [2.45, 2.75) is 19.8 Å². The molecule has 0 unspecified atom stereocenters. The summed E-state index contributed by atoms with van der Waals surface area (Å²) >= 11 is 1.51. The van der Waals surface area contributed by atoms with Gasteiger partial charge in [-0.3, -0.25) is 9.78 Å². The smallest absolute Gasteiger partial charge is 0.225 e. The fourth-order valence-electron chi connectivity index (χ4n) is 2.46. The molecule has 1 amide bonds. The SMILES string of the molecule is Cc1nc(-c2ccncc2)sc1CC(=O)NCCc1ccccc1F. The molecule has 0 saturated carbocycles. The quantitative estimate of drug-likeness (QED) is 0.736. The molecular weight excluding hydrogens is 337 g/mol. The molecule has 0 fully saturated rings. The lowest BCUT2D eigenvalue weighted by Crippen LogP contribution is -2.27. The topological polar surface area (TPSA) is 54.9 Å². The van der Waals surface area contributed by atoms with Crippen molar-refractivity contribution in [2.75, 3.05) is 6.54 Å². The van der Waals surface area contributed by atoms with Gasteiger partial charge < -0.3 is 5.32 Å². The monoisotopic (exact) mass is 355 g/mol. The highest BCUT2D eigenvalue weighted by Crippen LogP contribution is 2.27. The zero-order valence-electron chi connectivity index (χ0n) is 13.8. The van der Waals surface area contributed by atoms with Crippen LogP contribution < -0.4 is 5.32 Å². The van der Waals surface area contributed by atoms with E-state index in [2.05, 4.69) is 15.3 Å². The Bertz CT molecular complexity index is 864. The number of rotatable bonds is 6. The Morgan fingerprint density at radius 2 is 1.96 bits per heavy atom. The molecule has 0 radical (unpaired) electrons. The number of thiazole rings is 1. The molecule has 2 aromatic heterocycles. The van der Waals surface area contributed by atoms with Crippen molar-refractivity contribution < 1.29 is 9.18 Å². The Balaban J connectivity index is 1.56. The largest absolute Gasteiger partial charge is 0.355 e. The van der Waals surface area contributed by atoms with Crippen LogP contribution in [0.1, 0.15) is 16.1 Å². The molecule has 0 aliphatic carbocycles. The first-order valence-electron chi connectivity index (χ1n) is 8.00. The number of amides is 1. The first kappa shape index (κ1) is 17.2. The van der Waals surface area contributed by atoms with E-state index in [4.69, 9.17) is 0 Å². The number of pyridine rings is 1. The second-order valence-corrected chi connectivity index (χ2v) is 6.72. The summed E-state index contributed by atoms with van der Waals surface area (Å²) in [5, 5.41) is 3.73. The molecule has 0 saturated heterocycles. The molecule has 25 heavy (non-hydrogen) atoms. The van der Waals surface area contributed by atoms with E-state index in [9.17, 15) is 9.18 Å². The van der Waals surface area contributed by atoms with Crippen LogP contribution in [-0.4, -0.2) is 22.4 Å². The summed E-state index contributed by atoms with van der Waals surface area (Å²) in [6, 6.07) is 10.4. The highest BCUT2D eigenvalue weighted by atomic mass is 32.1. The van der Waals surface area contributed by atoms with Gasteiger partial charge in [0.2, 0.25) is 5.91 Å². The predicted molar refractivity (Wildman–Crippen MR) is 96.9 cm³/mol. The number of carbonyl (C=O) groups excluding carboxylic acids is 1. The predicted octanol–water partition coefficient (Wildman–Crippen LogP) is 3.55. The third-order valence-corrected chi connectivity index (χ3v) is 5.02. The average molecular weight is 355 g/mol. The van der Waals surface area contributed by atoms with Crippen LogP contribution in [0.4, 0.5) is 4.39 Å². The molecule has 0 spiro atoms. The van der Waals surface area contributed by atoms with Crippen molar-refractivity contribution in [3.63, 3.8) is 0 Å². The molecule has 2 heterocycles. The lowest BCUT2D eigenvalue weighted by Gasteiger charge is -2.05. The molecule has 3 rings (SSSR count). The minimum atomic E-state index is -0.239. The van der Waals surface area contributed by atoms with E-state index < -0.39 is 0 Å². The van der Waals surface area contributed by atoms with Gasteiger partial charge in [-0.15, -0.1) is 11.3 Å². The van der Waals surface area contributed by atoms with E-state index in [0.717, 1.165) is 21.1 Å². The maximum absolute atomic E-state index is 13.6. The highest BCUT2D eigenvalue weighted by molar-refractivity contribution is 7.15. The fraction of sp³-hybridized carbons (Fsp3) is 0.211. The van der Waals surface area contributed by atoms with Crippen molar-refractivity contribution in [3.05, 3.63) is 70.7 Å². The molecular formula is C19H18FN3OS. The van der Waals surface area contributed by atoms with E-state index >= 15 is 0 Å². The van der Waals surface area contributed by atoms with Crippen LogP contribution in [0.2, 0.25) is 0 Å². The van der Waals surface area contributed by atoms with Gasteiger partial charge in [-0.1, -0.05) is 18.2 Å². The van der Waals surface area contributed by atoms with Crippen molar-refractivity contribution in [3.8, 4) is 10.6 Å². The third-order valence-electron chi connectivity index (χ3n) is 3.82. The van der Waals surface area contributed by atoms with E-state index in [-0.39, 0.29) is 18.1 Å². The fourth-order valence-corrected chi connectivity index (χ4v) is 3.52. The maximum atomic E-state index is 13.6. The second kappa shape index (κ2) is 7.98. The number of halogens is 1. The number of aryl methyl sites for hydroxylation is 1. The van der Waals surface area contributed by atoms with Gasteiger partial charge in [-0.25, -0.2) is 9.37 Å². The van der Waals surface area contributed by atoms with Gasteiger partial charge in [0.1, 0.15) is 10.8 Å². The van der Waals surface area contributed by atoms with Crippen LogP contribution in [0.5, 0.6) is 0 Å². The Morgan fingerprint density at radius 1 is 1.20 bits per heavy atom. The number of nitrogens with zero attached hydrogens (tertiary/aromatic N) is 2. The van der Waals surface area contributed by atoms with E-state index in [1.807, 2.05) is 19.1 Å². The number of hydrogen-bond acceptors (Lipinski definition) is 4. The summed E-state index contributed by atoms with van der Waals surface area (Å²) in [7, 11) is 0. The Morgan fingerprint density at radius 3 is 2.72 bits per heavy atom. The summed E-state index contributed by atoms with van der Waals surface area (Å²) in [4.78, 5) is 21.6. The van der Waals surface area contributed by atoms with E-state index in [1.54, 1.807) is 30.6 Å². The van der Waals surface area contributed by atoms with Crippen molar-refractivity contribution in [1.82, 2.24) is 15.3 Å². The van der Waals surface area contributed by atoms with Gasteiger partial charge in [-0.05, 0) is 37.1 Å². The van der Waals surface area contributed by atoms with Crippen LogP contribution in [0.3, 0.4) is 0 Å². The molecule has 3 aromatic rings. The lowest BCUT2D eigenvalue weighted by molar-refractivity contribution is -0.120. The number of carbonyl (C=O) groups is 1. The standard InChI is InChI=1S/C19H18FN3OS/c1-13-17(25-19(23-13)15-6-9-21-10-7-15)12-18(24)22-11-8-14-4-2-3-5-16(14)20/h2-7,9-10H,8,11-12H2,1H3,(H,22,24). The molecule has 4 nitrogen and oxygen atoms in total. The minimum absolute atomic E-state index is 0.0793. The molecule has 0 aliphatic rings. The summed E-state index contributed by atoms with van der Waals surface area (Å²) < 4.78 is 13.6. The first-order chi connectivity index (χ1) is 12.1. The lowest BCUT2D eigenvalue weighted by atomic mass is 10.1. The molecule has 6 heteroatoms. The van der Waals surface area contributed by atoms with Gasteiger partial charge >= 0.3 is 0 Å². The zero-order chi connectivity index (χ0) is 17.6. The second-order valence-electron chi connectivity index (χ2n) is 5.63. The number of aromatic nitrogens is 2. The minimum Gasteiger partial charge on any atom is -0.355 e. The van der Waals surface area contributed by atoms with Gasteiger partial charge in [0, 0.05) is 29.4 Å². The molecule has 1 aromatic carbocycles. The number of benzene rings is 1.